The van der Waals surface area contributed by atoms with Crippen LogP contribution in [0.4, 0.5) is 0 Å². The Kier molecular flexibility index (Phi) is 4.11. The SMILES string of the molecule is Cc1ccc(S(=O)(=O)N2CCNC(C)C2)c(Br)c1. The summed E-state index contributed by atoms with van der Waals surface area (Å²) in [5, 5.41) is 3.24. The van der Waals surface area contributed by atoms with E-state index in [2.05, 4.69) is 21.2 Å². The third-order valence-corrected chi connectivity index (χ3v) is 5.88. The van der Waals surface area contributed by atoms with Gasteiger partial charge in [-0.25, -0.2) is 8.42 Å². The summed E-state index contributed by atoms with van der Waals surface area (Å²) in [6.07, 6.45) is 0. The average molecular weight is 333 g/mol. The summed E-state index contributed by atoms with van der Waals surface area (Å²) in [6.45, 7) is 5.67. The van der Waals surface area contributed by atoms with Crippen molar-refractivity contribution in [3.63, 3.8) is 0 Å². The highest BCUT2D eigenvalue weighted by Crippen LogP contribution is 2.26. The summed E-state index contributed by atoms with van der Waals surface area (Å²) in [4.78, 5) is 0.349. The molecule has 0 saturated carbocycles. The molecule has 1 aliphatic heterocycles. The summed E-state index contributed by atoms with van der Waals surface area (Å²) < 4.78 is 27.2. The smallest absolute Gasteiger partial charge is 0.244 e. The molecule has 6 heteroatoms. The van der Waals surface area contributed by atoms with E-state index >= 15 is 0 Å². The fraction of sp³-hybridized carbons (Fsp3) is 0.500. The first kappa shape index (κ1) is 14.0. The highest BCUT2D eigenvalue weighted by Gasteiger charge is 2.29. The van der Waals surface area contributed by atoms with Gasteiger partial charge in [0.15, 0.2) is 0 Å². The molecule has 100 valence electrons. The van der Waals surface area contributed by atoms with Crippen LogP contribution in [0, 0.1) is 6.92 Å². The molecule has 1 heterocycles. The maximum Gasteiger partial charge on any atom is 0.244 e. The van der Waals surface area contributed by atoms with E-state index in [1.807, 2.05) is 26.0 Å². The van der Waals surface area contributed by atoms with Gasteiger partial charge in [-0.1, -0.05) is 6.07 Å². The van der Waals surface area contributed by atoms with Gasteiger partial charge in [0.05, 0.1) is 4.90 Å². The molecule has 1 fully saturated rings. The Hall–Kier alpha value is -0.430. The van der Waals surface area contributed by atoms with Gasteiger partial charge in [0.25, 0.3) is 0 Å². The predicted octanol–water partition coefficient (Wildman–Crippen LogP) is 1.74. The quantitative estimate of drug-likeness (QED) is 0.897. The van der Waals surface area contributed by atoms with Crippen LogP contribution in [0.3, 0.4) is 0 Å². The number of hydrogen-bond donors (Lipinski definition) is 1. The Balaban J connectivity index is 2.35. The predicted molar refractivity (Wildman–Crippen MR) is 75.1 cm³/mol. The van der Waals surface area contributed by atoms with Gasteiger partial charge in [-0.15, -0.1) is 0 Å². The van der Waals surface area contributed by atoms with Gasteiger partial charge < -0.3 is 5.32 Å². The number of sulfonamides is 1. The minimum Gasteiger partial charge on any atom is -0.312 e. The van der Waals surface area contributed by atoms with Crippen LogP contribution >= 0.6 is 15.9 Å². The van der Waals surface area contributed by atoms with Gasteiger partial charge in [-0.2, -0.15) is 4.31 Å². The van der Waals surface area contributed by atoms with Crippen molar-refractivity contribution in [2.45, 2.75) is 24.8 Å². The average Bonchev–Trinajstić information content (AvgIpc) is 2.28. The summed E-state index contributed by atoms with van der Waals surface area (Å²) >= 11 is 3.34. The normalized spacial score (nSPS) is 22.1. The van der Waals surface area contributed by atoms with Crippen LogP contribution in [0.25, 0.3) is 0 Å². The lowest BCUT2D eigenvalue weighted by Crippen LogP contribution is -2.51. The van der Waals surface area contributed by atoms with Crippen molar-refractivity contribution in [1.82, 2.24) is 9.62 Å². The van der Waals surface area contributed by atoms with Crippen molar-refractivity contribution < 1.29 is 8.42 Å². The number of piperazine rings is 1. The molecule has 18 heavy (non-hydrogen) atoms. The number of benzene rings is 1. The van der Waals surface area contributed by atoms with Crippen molar-refractivity contribution in [1.29, 1.82) is 0 Å². The molecule has 1 unspecified atom stereocenters. The Morgan fingerprint density at radius 2 is 2.17 bits per heavy atom. The first-order valence-electron chi connectivity index (χ1n) is 5.91. The zero-order valence-electron chi connectivity index (χ0n) is 10.5. The van der Waals surface area contributed by atoms with Gasteiger partial charge in [0, 0.05) is 30.1 Å². The molecule has 1 aromatic rings. The van der Waals surface area contributed by atoms with E-state index in [9.17, 15) is 8.42 Å². The van der Waals surface area contributed by atoms with Gasteiger partial charge in [-0.05, 0) is 47.5 Å². The molecule has 0 radical (unpaired) electrons. The topological polar surface area (TPSA) is 49.4 Å². The van der Waals surface area contributed by atoms with Gasteiger partial charge in [0.1, 0.15) is 0 Å². The van der Waals surface area contributed by atoms with E-state index in [1.54, 1.807) is 10.4 Å². The first-order chi connectivity index (χ1) is 8.41. The first-order valence-corrected chi connectivity index (χ1v) is 8.14. The van der Waals surface area contributed by atoms with Crippen molar-refractivity contribution in [3.05, 3.63) is 28.2 Å². The number of rotatable bonds is 2. The van der Waals surface area contributed by atoms with E-state index < -0.39 is 10.0 Å². The minimum atomic E-state index is -3.40. The van der Waals surface area contributed by atoms with Crippen molar-refractivity contribution >= 4 is 26.0 Å². The Morgan fingerprint density at radius 3 is 2.78 bits per heavy atom. The van der Waals surface area contributed by atoms with Gasteiger partial charge in [0.2, 0.25) is 10.0 Å². The lowest BCUT2D eigenvalue weighted by Gasteiger charge is -2.31. The molecule has 1 atom stereocenters. The van der Waals surface area contributed by atoms with Crippen LogP contribution in [0.1, 0.15) is 12.5 Å². The molecule has 1 saturated heterocycles. The number of nitrogens with one attached hydrogen (secondary N) is 1. The fourth-order valence-electron chi connectivity index (χ4n) is 2.07. The number of hydrogen-bond acceptors (Lipinski definition) is 3. The Labute approximate surface area is 117 Å². The third-order valence-electron chi connectivity index (χ3n) is 3.04. The van der Waals surface area contributed by atoms with Crippen LogP contribution in [-0.4, -0.2) is 38.4 Å². The molecule has 0 aliphatic carbocycles. The van der Waals surface area contributed by atoms with Crippen LogP contribution in [0.15, 0.2) is 27.6 Å². The molecule has 4 nitrogen and oxygen atoms in total. The molecule has 0 bridgehead atoms. The molecule has 0 amide bonds. The van der Waals surface area contributed by atoms with Gasteiger partial charge >= 0.3 is 0 Å². The van der Waals surface area contributed by atoms with Crippen molar-refractivity contribution in [2.75, 3.05) is 19.6 Å². The number of nitrogens with zero attached hydrogens (tertiary/aromatic N) is 1. The molecule has 2 rings (SSSR count). The summed E-state index contributed by atoms with van der Waals surface area (Å²) in [5.41, 5.74) is 1.04. The summed E-state index contributed by atoms with van der Waals surface area (Å²) in [5.74, 6) is 0. The standard InChI is InChI=1S/C12H17BrN2O2S/c1-9-3-4-12(11(13)7-9)18(16,17)15-6-5-14-10(2)8-15/h3-4,7,10,14H,5-6,8H2,1-2H3. The van der Waals surface area contributed by atoms with Crippen LogP contribution in [0.2, 0.25) is 0 Å². The summed E-state index contributed by atoms with van der Waals surface area (Å²) in [6, 6.07) is 5.52. The number of halogens is 1. The molecule has 0 aromatic heterocycles. The Morgan fingerprint density at radius 1 is 1.44 bits per heavy atom. The lowest BCUT2D eigenvalue weighted by molar-refractivity contribution is 0.310. The molecule has 0 spiro atoms. The third kappa shape index (κ3) is 2.77. The van der Waals surface area contributed by atoms with E-state index in [4.69, 9.17) is 0 Å². The monoisotopic (exact) mass is 332 g/mol. The van der Waals surface area contributed by atoms with E-state index in [-0.39, 0.29) is 6.04 Å². The molecule has 1 aromatic carbocycles. The molecule has 1 N–H and O–H groups in total. The molecule has 1 aliphatic rings. The zero-order chi connectivity index (χ0) is 13.3. The summed E-state index contributed by atoms with van der Waals surface area (Å²) in [7, 11) is -3.40. The molecular weight excluding hydrogens is 316 g/mol. The maximum absolute atomic E-state index is 12.5. The number of aryl methyl sites for hydroxylation is 1. The zero-order valence-corrected chi connectivity index (χ0v) is 12.9. The van der Waals surface area contributed by atoms with E-state index in [1.165, 1.54) is 0 Å². The second-order valence-electron chi connectivity index (χ2n) is 4.65. The highest BCUT2D eigenvalue weighted by molar-refractivity contribution is 9.10. The van der Waals surface area contributed by atoms with Crippen LogP contribution < -0.4 is 5.32 Å². The second-order valence-corrected chi connectivity index (χ2v) is 7.41. The van der Waals surface area contributed by atoms with Crippen molar-refractivity contribution in [2.24, 2.45) is 0 Å². The van der Waals surface area contributed by atoms with E-state index in [0.29, 0.717) is 29.0 Å². The Bertz CT molecular complexity index is 545. The maximum atomic E-state index is 12.5. The van der Waals surface area contributed by atoms with Crippen LogP contribution in [0.5, 0.6) is 0 Å². The second kappa shape index (κ2) is 5.28. The van der Waals surface area contributed by atoms with E-state index in [0.717, 1.165) is 5.56 Å². The minimum absolute atomic E-state index is 0.192. The largest absolute Gasteiger partial charge is 0.312 e. The lowest BCUT2D eigenvalue weighted by atomic mass is 10.2. The van der Waals surface area contributed by atoms with Crippen LogP contribution in [-0.2, 0) is 10.0 Å². The molecular formula is C12H17BrN2O2S. The van der Waals surface area contributed by atoms with Gasteiger partial charge in [-0.3, -0.25) is 0 Å². The van der Waals surface area contributed by atoms with Crippen molar-refractivity contribution in [3.8, 4) is 0 Å². The fourth-order valence-corrected chi connectivity index (χ4v) is 4.75. The highest BCUT2D eigenvalue weighted by atomic mass is 79.9.